The standard InChI is InChI=1S/C16H16ClNO3/c1-10-3-2-4-13(19)16(10)18-15(21)9-14(20)11-5-7-12(17)8-6-11/h2-8,14,19-20H,9H2,1H3,(H,18,21). The van der Waals surface area contributed by atoms with Crippen LogP contribution < -0.4 is 5.32 Å². The molecule has 0 aliphatic rings. The molecule has 0 aliphatic heterocycles. The van der Waals surface area contributed by atoms with Crippen LogP contribution in [0.2, 0.25) is 5.02 Å². The van der Waals surface area contributed by atoms with Gasteiger partial charge < -0.3 is 15.5 Å². The van der Waals surface area contributed by atoms with Crippen molar-refractivity contribution in [1.82, 2.24) is 0 Å². The number of anilines is 1. The van der Waals surface area contributed by atoms with Crippen LogP contribution in [0.5, 0.6) is 5.75 Å². The van der Waals surface area contributed by atoms with E-state index in [4.69, 9.17) is 11.6 Å². The van der Waals surface area contributed by atoms with E-state index < -0.39 is 6.10 Å². The Morgan fingerprint density at radius 3 is 2.52 bits per heavy atom. The molecule has 0 radical (unpaired) electrons. The van der Waals surface area contributed by atoms with E-state index in [1.165, 1.54) is 6.07 Å². The minimum absolute atomic E-state index is 0.00401. The number of aromatic hydroxyl groups is 1. The molecule has 0 saturated carbocycles. The highest BCUT2D eigenvalue weighted by molar-refractivity contribution is 6.30. The van der Waals surface area contributed by atoms with Crippen molar-refractivity contribution in [3.05, 3.63) is 58.6 Å². The van der Waals surface area contributed by atoms with Gasteiger partial charge in [0.15, 0.2) is 0 Å². The maximum absolute atomic E-state index is 12.0. The lowest BCUT2D eigenvalue weighted by atomic mass is 10.1. The number of carbonyl (C=O) groups is 1. The van der Waals surface area contributed by atoms with E-state index in [1.54, 1.807) is 43.3 Å². The number of carbonyl (C=O) groups excluding carboxylic acids is 1. The fourth-order valence-corrected chi connectivity index (χ4v) is 2.11. The second-order valence-electron chi connectivity index (χ2n) is 4.79. The van der Waals surface area contributed by atoms with Crippen molar-refractivity contribution in [2.75, 3.05) is 5.32 Å². The average Bonchev–Trinajstić information content (AvgIpc) is 2.43. The predicted molar refractivity (Wildman–Crippen MR) is 82.5 cm³/mol. The first kappa shape index (κ1) is 15.4. The molecule has 0 bridgehead atoms. The van der Waals surface area contributed by atoms with E-state index in [-0.39, 0.29) is 18.1 Å². The Morgan fingerprint density at radius 1 is 1.24 bits per heavy atom. The second kappa shape index (κ2) is 6.61. The summed E-state index contributed by atoms with van der Waals surface area (Å²) in [6.07, 6.45) is -1.02. The molecule has 1 amide bonds. The molecule has 0 heterocycles. The predicted octanol–water partition coefficient (Wildman–Crippen LogP) is 3.42. The van der Waals surface area contributed by atoms with Gasteiger partial charge in [-0.05, 0) is 36.2 Å². The summed E-state index contributed by atoms with van der Waals surface area (Å²) in [5, 5.41) is 22.9. The molecule has 110 valence electrons. The fraction of sp³-hybridized carbons (Fsp3) is 0.188. The van der Waals surface area contributed by atoms with Crippen molar-refractivity contribution in [2.24, 2.45) is 0 Å². The van der Waals surface area contributed by atoms with Crippen LogP contribution in [0.25, 0.3) is 0 Å². The van der Waals surface area contributed by atoms with E-state index in [2.05, 4.69) is 5.32 Å². The molecule has 3 N–H and O–H groups in total. The Kier molecular flexibility index (Phi) is 4.83. The average molecular weight is 306 g/mol. The molecular formula is C16H16ClNO3. The van der Waals surface area contributed by atoms with Crippen LogP contribution in [-0.4, -0.2) is 16.1 Å². The number of aliphatic hydroxyl groups excluding tert-OH is 1. The van der Waals surface area contributed by atoms with E-state index in [0.29, 0.717) is 16.3 Å². The molecule has 21 heavy (non-hydrogen) atoms. The quantitative estimate of drug-likeness (QED) is 0.758. The molecule has 0 saturated heterocycles. The van der Waals surface area contributed by atoms with Gasteiger partial charge >= 0.3 is 0 Å². The summed E-state index contributed by atoms with van der Waals surface area (Å²) in [4.78, 5) is 12.0. The Labute approximate surface area is 128 Å². The van der Waals surface area contributed by atoms with Gasteiger partial charge in [-0.3, -0.25) is 4.79 Å². The Bertz CT molecular complexity index is 620. The van der Waals surface area contributed by atoms with E-state index in [0.717, 1.165) is 5.56 Å². The molecule has 1 unspecified atom stereocenters. The molecule has 0 aromatic heterocycles. The summed E-state index contributed by atoms with van der Waals surface area (Å²) < 4.78 is 0. The Morgan fingerprint density at radius 2 is 1.90 bits per heavy atom. The molecule has 0 fully saturated rings. The first-order chi connectivity index (χ1) is 9.97. The lowest BCUT2D eigenvalue weighted by Gasteiger charge is -2.13. The number of hydrogen-bond acceptors (Lipinski definition) is 3. The second-order valence-corrected chi connectivity index (χ2v) is 5.23. The van der Waals surface area contributed by atoms with Gasteiger partial charge in [0, 0.05) is 5.02 Å². The summed E-state index contributed by atoms with van der Waals surface area (Å²) in [6, 6.07) is 11.6. The molecule has 1 atom stereocenters. The SMILES string of the molecule is Cc1cccc(O)c1NC(=O)CC(O)c1ccc(Cl)cc1. The van der Waals surface area contributed by atoms with Gasteiger partial charge in [-0.2, -0.15) is 0 Å². The molecule has 5 heteroatoms. The maximum Gasteiger partial charge on any atom is 0.227 e. The van der Waals surface area contributed by atoms with Crippen LogP contribution in [0, 0.1) is 6.92 Å². The number of halogens is 1. The van der Waals surface area contributed by atoms with E-state index in [1.807, 2.05) is 0 Å². The fourth-order valence-electron chi connectivity index (χ4n) is 1.98. The van der Waals surface area contributed by atoms with Crippen molar-refractivity contribution < 1.29 is 15.0 Å². The molecule has 0 aliphatic carbocycles. The van der Waals surface area contributed by atoms with Crippen LogP contribution in [0.15, 0.2) is 42.5 Å². The molecule has 4 nitrogen and oxygen atoms in total. The van der Waals surface area contributed by atoms with Crippen molar-refractivity contribution >= 4 is 23.2 Å². The minimum Gasteiger partial charge on any atom is -0.506 e. The summed E-state index contributed by atoms with van der Waals surface area (Å²) >= 11 is 5.78. The van der Waals surface area contributed by atoms with Crippen molar-refractivity contribution in [1.29, 1.82) is 0 Å². The van der Waals surface area contributed by atoms with Crippen LogP contribution in [0.3, 0.4) is 0 Å². The van der Waals surface area contributed by atoms with Gasteiger partial charge in [0.1, 0.15) is 5.75 Å². The van der Waals surface area contributed by atoms with Crippen LogP contribution in [0.4, 0.5) is 5.69 Å². The number of aryl methyl sites for hydroxylation is 1. The first-order valence-electron chi connectivity index (χ1n) is 6.49. The van der Waals surface area contributed by atoms with Crippen molar-refractivity contribution in [3.63, 3.8) is 0 Å². The molecule has 2 aromatic rings. The van der Waals surface area contributed by atoms with Crippen LogP contribution in [-0.2, 0) is 4.79 Å². The third-order valence-corrected chi connectivity index (χ3v) is 3.40. The zero-order valence-corrected chi connectivity index (χ0v) is 12.3. The molecule has 2 rings (SSSR count). The van der Waals surface area contributed by atoms with Gasteiger partial charge in [-0.15, -0.1) is 0 Å². The molecular weight excluding hydrogens is 290 g/mol. The molecule has 2 aromatic carbocycles. The third-order valence-electron chi connectivity index (χ3n) is 3.15. The number of para-hydroxylation sites is 1. The largest absolute Gasteiger partial charge is 0.506 e. The summed E-state index contributed by atoms with van der Waals surface area (Å²) in [6.45, 7) is 1.78. The maximum atomic E-state index is 12.0. The first-order valence-corrected chi connectivity index (χ1v) is 6.87. The number of hydrogen-bond donors (Lipinski definition) is 3. The normalized spacial score (nSPS) is 12.0. The van der Waals surface area contributed by atoms with E-state index in [9.17, 15) is 15.0 Å². The number of phenols is 1. The number of nitrogens with one attached hydrogen (secondary N) is 1. The smallest absolute Gasteiger partial charge is 0.227 e. The van der Waals surface area contributed by atoms with Gasteiger partial charge in [-0.1, -0.05) is 35.9 Å². The Hall–Kier alpha value is -2.04. The minimum atomic E-state index is -0.923. The van der Waals surface area contributed by atoms with E-state index >= 15 is 0 Å². The number of benzene rings is 2. The van der Waals surface area contributed by atoms with Crippen molar-refractivity contribution in [3.8, 4) is 5.75 Å². The number of rotatable bonds is 4. The Balaban J connectivity index is 2.03. The number of amides is 1. The monoisotopic (exact) mass is 305 g/mol. The third kappa shape index (κ3) is 3.97. The van der Waals surface area contributed by atoms with Crippen LogP contribution >= 0.6 is 11.6 Å². The van der Waals surface area contributed by atoms with Crippen molar-refractivity contribution in [2.45, 2.75) is 19.4 Å². The zero-order chi connectivity index (χ0) is 15.4. The number of phenolic OH excluding ortho intramolecular Hbond substituents is 1. The molecule has 0 spiro atoms. The summed E-state index contributed by atoms with van der Waals surface area (Å²) in [5.41, 5.74) is 1.73. The van der Waals surface area contributed by atoms with Gasteiger partial charge in [-0.25, -0.2) is 0 Å². The van der Waals surface area contributed by atoms with Gasteiger partial charge in [0.2, 0.25) is 5.91 Å². The van der Waals surface area contributed by atoms with Gasteiger partial charge in [0.25, 0.3) is 0 Å². The van der Waals surface area contributed by atoms with Crippen LogP contribution in [0.1, 0.15) is 23.7 Å². The number of aliphatic hydroxyl groups is 1. The lowest BCUT2D eigenvalue weighted by molar-refractivity contribution is -0.118. The zero-order valence-electron chi connectivity index (χ0n) is 11.5. The highest BCUT2D eigenvalue weighted by Gasteiger charge is 2.15. The highest BCUT2D eigenvalue weighted by Crippen LogP contribution is 2.27. The summed E-state index contributed by atoms with van der Waals surface area (Å²) in [5.74, 6) is -0.369. The summed E-state index contributed by atoms with van der Waals surface area (Å²) in [7, 11) is 0. The van der Waals surface area contributed by atoms with Gasteiger partial charge in [0.05, 0.1) is 18.2 Å². The highest BCUT2D eigenvalue weighted by atomic mass is 35.5. The lowest BCUT2D eigenvalue weighted by Crippen LogP contribution is -2.16. The topological polar surface area (TPSA) is 69.6 Å².